The Morgan fingerprint density at radius 1 is 1.17 bits per heavy atom. The van der Waals surface area contributed by atoms with Crippen LogP contribution in [-0.4, -0.2) is 11.9 Å². The minimum Gasteiger partial charge on any atom is -0.489 e. The van der Waals surface area contributed by atoms with Crippen LogP contribution in [-0.2, 0) is 17.9 Å². The van der Waals surface area contributed by atoms with Crippen LogP contribution in [0.25, 0.3) is 0 Å². The Balaban J connectivity index is 1.83. The summed E-state index contributed by atoms with van der Waals surface area (Å²) in [5, 5.41) is 2.83. The van der Waals surface area contributed by atoms with Crippen LogP contribution in [0.4, 0.5) is 4.39 Å². The van der Waals surface area contributed by atoms with E-state index in [0.29, 0.717) is 18.9 Å². The maximum absolute atomic E-state index is 13.1. The van der Waals surface area contributed by atoms with Crippen molar-refractivity contribution in [3.63, 3.8) is 0 Å². The summed E-state index contributed by atoms with van der Waals surface area (Å²) in [6.45, 7) is 4.62. The molecule has 2 rings (SSSR count). The monoisotopic (exact) mass is 330 g/mol. The molecule has 0 aliphatic carbocycles. The molecule has 0 fully saturated rings. The van der Waals surface area contributed by atoms with Crippen LogP contribution in [0.5, 0.6) is 5.75 Å². The minimum absolute atomic E-state index is 0.104. The summed E-state index contributed by atoms with van der Waals surface area (Å²) >= 11 is 0. The summed E-state index contributed by atoms with van der Waals surface area (Å²) in [7, 11) is 0. The number of nitrogens with two attached hydrogens (primary N) is 1. The second-order valence-corrected chi connectivity index (χ2v) is 6.05. The van der Waals surface area contributed by atoms with Crippen molar-refractivity contribution in [2.24, 2.45) is 11.7 Å². The number of halogens is 1. The predicted octanol–water partition coefficient (Wildman–Crippen LogP) is 3.00. The molecule has 0 radical (unpaired) electrons. The van der Waals surface area contributed by atoms with Gasteiger partial charge in [0, 0.05) is 12.6 Å². The Morgan fingerprint density at radius 2 is 1.83 bits per heavy atom. The number of carbonyl (C=O) groups is 1. The van der Waals surface area contributed by atoms with Gasteiger partial charge in [-0.05, 0) is 29.2 Å². The van der Waals surface area contributed by atoms with Crippen LogP contribution < -0.4 is 15.8 Å². The number of carbonyl (C=O) groups excluding carboxylic acids is 1. The zero-order valence-corrected chi connectivity index (χ0v) is 14.0. The van der Waals surface area contributed by atoms with E-state index in [2.05, 4.69) is 5.32 Å². The third kappa shape index (κ3) is 5.35. The number of hydrogen-bond donors (Lipinski definition) is 2. The molecule has 0 aromatic heterocycles. The summed E-state index contributed by atoms with van der Waals surface area (Å²) in [4.78, 5) is 11.8. The largest absolute Gasteiger partial charge is 0.489 e. The van der Waals surface area contributed by atoms with Crippen molar-refractivity contribution >= 4 is 5.91 Å². The topological polar surface area (TPSA) is 64.4 Å². The van der Waals surface area contributed by atoms with Crippen molar-refractivity contribution in [3.8, 4) is 5.75 Å². The summed E-state index contributed by atoms with van der Waals surface area (Å²) in [5.74, 6) is 0.128. The zero-order valence-electron chi connectivity index (χ0n) is 14.0. The number of benzene rings is 2. The molecule has 1 atom stereocenters. The van der Waals surface area contributed by atoms with E-state index in [1.807, 2.05) is 38.1 Å². The highest BCUT2D eigenvalue weighted by atomic mass is 19.1. The van der Waals surface area contributed by atoms with Crippen molar-refractivity contribution in [3.05, 3.63) is 65.5 Å². The number of ether oxygens (including phenoxy) is 1. The van der Waals surface area contributed by atoms with Crippen molar-refractivity contribution < 1.29 is 13.9 Å². The lowest BCUT2D eigenvalue weighted by Crippen LogP contribution is -2.43. The van der Waals surface area contributed by atoms with E-state index in [-0.39, 0.29) is 17.6 Å². The molecule has 3 N–H and O–H groups in total. The molecule has 1 amide bonds. The fourth-order valence-electron chi connectivity index (χ4n) is 2.09. The molecule has 4 nitrogen and oxygen atoms in total. The van der Waals surface area contributed by atoms with E-state index in [4.69, 9.17) is 10.5 Å². The molecule has 0 aliphatic heterocycles. The van der Waals surface area contributed by atoms with E-state index in [1.54, 1.807) is 12.1 Å². The van der Waals surface area contributed by atoms with Gasteiger partial charge in [-0.15, -0.1) is 0 Å². The molecule has 0 heterocycles. The van der Waals surface area contributed by atoms with E-state index in [9.17, 15) is 9.18 Å². The lowest BCUT2D eigenvalue weighted by Gasteiger charge is -2.15. The molecular formula is C19H23FN2O2. The quantitative estimate of drug-likeness (QED) is 0.820. The third-order valence-corrected chi connectivity index (χ3v) is 3.71. The molecule has 0 unspecified atom stereocenters. The Bertz CT molecular complexity index is 671. The van der Waals surface area contributed by atoms with Crippen LogP contribution in [0.3, 0.4) is 0 Å². The zero-order chi connectivity index (χ0) is 17.5. The van der Waals surface area contributed by atoms with Gasteiger partial charge < -0.3 is 15.8 Å². The van der Waals surface area contributed by atoms with Gasteiger partial charge in [0.15, 0.2) is 0 Å². The first-order valence-corrected chi connectivity index (χ1v) is 7.95. The lowest BCUT2D eigenvalue weighted by molar-refractivity contribution is -0.123. The number of amides is 1. The Hall–Kier alpha value is -2.40. The predicted molar refractivity (Wildman–Crippen MR) is 91.8 cm³/mol. The summed E-state index contributed by atoms with van der Waals surface area (Å²) in [6.07, 6.45) is 0. The molecule has 0 saturated heterocycles. The fourth-order valence-corrected chi connectivity index (χ4v) is 2.09. The second kappa shape index (κ2) is 8.45. The molecule has 2 aromatic carbocycles. The summed E-state index contributed by atoms with van der Waals surface area (Å²) < 4.78 is 18.6. The molecule has 2 aromatic rings. The van der Waals surface area contributed by atoms with E-state index < -0.39 is 6.04 Å². The number of hydrogen-bond acceptors (Lipinski definition) is 3. The van der Waals surface area contributed by atoms with Crippen molar-refractivity contribution in [1.82, 2.24) is 5.32 Å². The van der Waals surface area contributed by atoms with Gasteiger partial charge in [-0.3, -0.25) is 4.79 Å². The summed E-state index contributed by atoms with van der Waals surface area (Å²) in [6, 6.07) is 13.2. The van der Waals surface area contributed by atoms with E-state index in [0.717, 1.165) is 11.1 Å². The first-order valence-electron chi connectivity index (χ1n) is 7.95. The first kappa shape index (κ1) is 17.9. The van der Waals surface area contributed by atoms with Gasteiger partial charge in [0.2, 0.25) is 5.91 Å². The Morgan fingerprint density at radius 3 is 2.46 bits per heavy atom. The normalized spacial score (nSPS) is 12.0. The van der Waals surface area contributed by atoms with Crippen molar-refractivity contribution in [2.75, 3.05) is 0 Å². The maximum atomic E-state index is 13.1. The number of nitrogens with one attached hydrogen (secondary N) is 1. The maximum Gasteiger partial charge on any atom is 0.237 e. The van der Waals surface area contributed by atoms with Crippen LogP contribution >= 0.6 is 0 Å². The smallest absolute Gasteiger partial charge is 0.237 e. The van der Waals surface area contributed by atoms with Crippen molar-refractivity contribution in [1.29, 1.82) is 0 Å². The molecule has 0 saturated carbocycles. The standard InChI is InChI=1S/C19H23FN2O2/c1-13(2)18(21)19(23)22-11-14-6-8-15(9-7-14)12-24-17-5-3-4-16(20)10-17/h3-10,13,18H,11-12,21H2,1-2H3,(H,22,23)/t18-/m1/s1. The number of rotatable bonds is 7. The Kier molecular flexibility index (Phi) is 6.32. The van der Waals surface area contributed by atoms with Crippen molar-refractivity contribution in [2.45, 2.75) is 33.0 Å². The van der Waals surface area contributed by atoms with Crippen LogP contribution in [0, 0.1) is 11.7 Å². The van der Waals surface area contributed by atoms with Gasteiger partial charge in [-0.1, -0.05) is 44.2 Å². The minimum atomic E-state index is -0.496. The van der Waals surface area contributed by atoms with Gasteiger partial charge in [-0.25, -0.2) is 4.39 Å². The van der Waals surface area contributed by atoms with Crippen LogP contribution in [0.2, 0.25) is 0 Å². The average Bonchev–Trinajstić information content (AvgIpc) is 2.58. The van der Waals surface area contributed by atoms with E-state index >= 15 is 0 Å². The van der Waals surface area contributed by atoms with Gasteiger partial charge >= 0.3 is 0 Å². The highest BCUT2D eigenvalue weighted by Crippen LogP contribution is 2.14. The lowest BCUT2D eigenvalue weighted by atomic mass is 10.0. The highest BCUT2D eigenvalue weighted by molar-refractivity contribution is 5.81. The van der Waals surface area contributed by atoms with Gasteiger partial charge in [-0.2, -0.15) is 0 Å². The molecule has 128 valence electrons. The van der Waals surface area contributed by atoms with Crippen LogP contribution in [0.1, 0.15) is 25.0 Å². The Labute approximate surface area is 141 Å². The van der Waals surface area contributed by atoms with E-state index in [1.165, 1.54) is 12.1 Å². The molecule has 0 bridgehead atoms. The second-order valence-electron chi connectivity index (χ2n) is 6.05. The molecule has 5 heteroatoms. The summed E-state index contributed by atoms with van der Waals surface area (Å²) in [5.41, 5.74) is 7.74. The third-order valence-electron chi connectivity index (χ3n) is 3.71. The average molecular weight is 330 g/mol. The molecule has 0 spiro atoms. The van der Waals surface area contributed by atoms with Gasteiger partial charge in [0.1, 0.15) is 18.2 Å². The van der Waals surface area contributed by atoms with Gasteiger partial charge in [0.05, 0.1) is 6.04 Å². The molecule has 0 aliphatic rings. The fraction of sp³-hybridized carbons (Fsp3) is 0.316. The van der Waals surface area contributed by atoms with Crippen LogP contribution in [0.15, 0.2) is 48.5 Å². The highest BCUT2D eigenvalue weighted by Gasteiger charge is 2.16. The SMILES string of the molecule is CC(C)[C@@H](N)C(=O)NCc1ccc(COc2cccc(F)c2)cc1. The first-order chi connectivity index (χ1) is 11.5. The molecular weight excluding hydrogens is 307 g/mol. The van der Waals surface area contributed by atoms with Gasteiger partial charge in [0.25, 0.3) is 0 Å². The molecule has 24 heavy (non-hydrogen) atoms.